The van der Waals surface area contributed by atoms with Gasteiger partial charge in [0.1, 0.15) is 11.6 Å². The molecule has 0 N–H and O–H groups in total. The van der Waals surface area contributed by atoms with Gasteiger partial charge in [-0.25, -0.2) is 9.97 Å². The standard InChI is InChI=1S/C28H22N4/c1-31-25-16-7-5-14-23(25)29-27(31)20-11-9-10-19(18-20)21-12-3-4-13-22(21)28-30-24-15-6-8-17-26(24)32(28)2/h3-18H,1-2H3. The van der Waals surface area contributed by atoms with Gasteiger partial charge in [0.2, 0.25) is 0 Å². The van der Waals surface area contributed by atoms with E-state index in [0.717, 1.165) is 56.0 Å². The Kier molecular flexibility index (Phi) is 4.18. The van der Waals surface area contributed by atoms with Crippen molar-refractivity contribution in [2.45, 2.75) is 0 Å². The van der Waals surface area contributed by atoms with Crippen LogP contribution in [0.5, 0.6) is 0 Å². The van der Waals surface area contributed by atoms with Gasteiger partial charge in [-0.3, -0.25) is 0 Å². The maximum Gasteiger partial charge on any atom is 0.141 e. The number of rotatable bonds is 3. The molecule has 2 heterocycles. The van der Waals surface area contributed by atoms with Crippen LogP contribution >= 0.6 is 0 Å². The predicted octanol–water partition coefficient (Wildman–Crippen LogP) is 6.46. The average Bonchev–Trinajstić information content (AvgIpc) is 3.36. The molecule has 0 aliphatic carbocycles. The SMILES string of the molecule is Cn1c(-c2cccc(-c3ccccc3-c3nc4ccccc4n3C)c2)nc2ccccc21. The molecule has 0 aliphatic rings. The molecule has 0 bridgehead atoms. The van der Waals surface area contributed by atoms with E-state index in [9.17, 15) is 0 Å². The Morgan fingerprint density at radius 2 is 1.03 bits per heavy atom. The number of imidazole rings is 2. The Morgan fingerprint density at radius 3 is 1.72 bits per heavy atom. The van der Waals surface area contributed by atoms with Crippen LogP contribution < -0.4 is 0 Å². The lowest BCUT2D eigenvalue weighted by Crippen LogP contribution is -1.95. The maximum absolute atomic E-state index is 4.94. The van der Waals surface area contributed by atoms with Gasteiger partial charge in [0.25, 0.3) is 0 Å². The molecule has 0 spiro atoms. The smallest absolute Gasteiger partial charge is 0.141 e. The number of benzene rings is 4. The monoisotopic (exact) mass is 414 g/mol. The van der Waals surface area contributed by atoms with E-state index in [4.69, 9.17) is 9.97 Å². The van der Waals surface area contributed by atoms with Gasteiger partial charge in [-0.15, -0.1) is 0 Å². The van der Waals surface area contributed by atoms with Crippen molar-refractivity contribution in [2.24, 2.45) is 14.1 Å². The molecule has 0 radical (unpaired) electrons. The van der Waals surface area contributed by atoms with Crippen molar-refractivity contribution in [3.8, 4) is 33.9 Å². The largest absolute Gasteiger partial charge is 0.327 e. The molecule has 2 aromatic heterocycles. The van der Waals surface area contributed by atoms with Crippen LogP contribution in [0, 0.1) is 0 Å². The molecular formula is C28H22N4. The highest BCUT2D eigenvalue weighted by Gasteiger charge is 2.15. The van der Waals surface area contributed by atoms with Crippen molar-refractivity contribution in [2.75, 3.05) is 0 Å². The lowest BCUT2D eigenvalue weighted by atomic mass is 9.97. The number of fused-ring (bicyclic) bond motifs is 2. The van der Waals surface area contributed by atoms with Crippen molar-refractivity contribution >= 4 is 22.1 Å². The van der Waals surface area contributed by atoms with Crippen LogP contribution in [0.2, 0.25) is 0 Å². The Hall–Kier alpha value is -4.18. The Labute approximate surface area is 186 Å². The van der Waals surface area contributed by atoms with E-state index in [1.54, 1.807) is 0 Å². The third-order valence-electron chi connectivity index (χ3n) is 6.17. The number of aromatic nitrogens is 4. The summed E-state index contributed by atoms with van der Waals surface area (Å²) in [4.78, 5) is 9.83. The van der Waals surface area contributed by atoms with E-state index in [1.165, 1.54) is 0 Å². The zero-order chi connectivity index (χ0) is 21.7. The van der Waals surface area contributed by atoms with Gasteiger partial charge in [-0.2, -0.15) is 0 Å². The predicted molar refractivity (Wildman–Crippen MR) is 131 cm³/mol. The van der Waals surface area contributed by atoms with Gasteiger partial charge in [0, 0.05) is 25.2 Å². The third kappa shape index (κ3) is 2.84. The molecule has 0 saturated heterocycles. The van der Waals surface area contributed by atoms with Gasteiger partial charge in [0.05, 0.1) is 22.1 Å². The molecule has 0 amide bonds. The molecule has 32 heavy (non-hydrogen) atoms. The molecule has 0 fully saturated rings. The maximum atomic E-state index is 4.94. The summed E-state index contributed by atoms with van der Waals surface area (Å²) in [5.41, 5.74) is 8.81. The van der Waals surface area contributed by atoms with E-state index >= 15 is 0 Å². The topological polar surface area (TPSA) is 35.6 Å². The van der Waals surface area contributed by atoms with E-state index in [1.807, 2.05) is 12.1 Å². The molecule has 0 atom stereocenters. The number of nitrogens with zero attached hydrogens (tertiary/aromatic N) is 4. The summed E-state index contributed by atoms with van der Waals surface area (Å²) in [5, 5.41) is 0. The minimum Gasteiger partial charge on any atom is -0.327 e. The second kappa shape index (κ2) is 7.20. The van der Waals surface area contributed by atoms with Gasteiger partial charge < -0.3 is 9.13 Å². The van der Waals surface area contributed by atoms with E-state index in [2.05, 4.69) is 108 Å². The van der Waals surface area contributed by atoms with Crippen LogP contribution in [-0.2, 0) is 14.1 Å². The normalized spacial score (nSPS) is 11.4. The summed E-state index contributed by atoms with van der Waals surface area (Å²) >= 11 is 0. The number of para-hydroxylation sites is 4. The summed E-state index contributed by atoms with van der Waals surface area (Å²) in [6.07, 6.45) is 0. The van der Waals surface area contributed by atoms with Crippen LogP contribution in [0.1, 0.15) is 0 Å². The highest BCUT2D eigenvalue weighted by molar-refractivity contribution is 5.88. The van der Waals surface area contributed by atoms with Crippen molar-refractivity contribution in [1.82, 2.24) is 19.1 Å². The van der Waals surface area contributed by atoms with E-state index < -0.39 is 0 Å². The molecule has 4 nitrogen and oxygen atoms in total. The van der Waals surface area contributed by atoms with Crippen LogP contribution in [-0.4, -0.2) is 19.1 Å². The molecule has 0 saturated carbocycles. The van der Waals surface area contributed by atoms with E-state index in [0.29, 0.717) is 0 Å². The molecule has 4 aromatic carbocycles. The minimum atomic E-state index is 0.966. The van der Waals surface area contributed by atoms with Crippen LogP contribution in [0.4, 0.5) is 0 Å². The number of aryl methyl sites for hydroxylation is 2. The van der Waals surface area contributed by atoms with Crippen LogP contribution in [0.3, 0.4) is 0 Å². The molecule has 0 aliphatic heterocycles. The summed E-state index contributed by atoms with van der Waals surface area (Å²) in [6, 6.07) is 33.6. The summed E-state index contributed by atoms with van der Waals surface area (Å²) < 4.78 is 4.33. The first-order valence-corrected chi connectivity index (χ1v) is 10.7. The second-order valence-electron chi connectivity index (χ2n) is 8.09. The van der Waals surface area contributed by atoms with Gasteiger partial charge in [-0.1, -0.05) is 66.7 Å². The van der Waals surface area contributed by atoms with Crippen LogP contribution in [0.25, 0.3) is 56.0 Å². The average molecular weight is 415 g/mol. The van der Waals surface area contributed by atoms with Crippen LogP contribution in [0.15, 0.2) is 97.1 Å². The van der Waals surface area contributed by atoms with E-state index in [-0.39, 0.29) is 0 Å². The Balaban J connectivity index is 1.52. The van der Waals surface area contributed by atoms with Gasteiger partial charge in [-0.05, 0) is 41.5 Å². The molecule has 0 unspecified atom stereocenters. The number of hydrogen-bond acceptors (Lipinski definition) is 2. The third-order valence-corrected chi connectivity index (χ3v) is 6.17. The second-order valence-corrected chi connectivity index (χ2v) is 8.09. The highest BCUT2D eigenvalue weighted by Crippen LogP contribution is 2.35. The molecule has 4 heteroatoms. The molecule has 154 valence electrons. The van der Waals surface area contributed by atoms with Gasteiger partial charge in [0.15, 0.2) is 0 Å². The Bertz CT molecular complexity index is 1600. The van der Waals surface area contributed by atoms with Crippen molar-refractivity contribution in [1.29, 1.82) is 0 Å². The highest BCUT2D eigenvalue weighted by atomic mass is 15.1. The first-order chi connectivity index (χ1) is 15.7. The summed E-state index contributed by atoms with van der Waals surface area (Å²) in [5.74, 6) is 1.93. The fraction of sp³-hybridized carbons (Fsp3) is 0.0714. The first-order valence-electron chi connectivity index (χ1n) is 10.7. The number of hydrogen-bond donors (Lipinski definition) is 0. The fourth-order valence-corrected chi connectivity index (χ4v) is 4.55. The van der Waals surface area contributed by atoms with Crippen molar-refractivity contribution in [3.05, 3.63) is 97.1 Å². The lowest BCUT2D eigenvalue weighted by molar-refractivity contribution is 0.959. The molecular weight excluding hydrogens is 392 g/mol. The quantitative estimate of drug-likeness (QED) is 0.333. The lowest BCUT2D eigenvalue weighted by Gasteiger charge is -2.11. The molecule has 6 rings (SSSR count). The van der Waals surface area contributed by atoms with Gasteiger partial charge >= 0.3 is 0 Å². The fourth-order valence-electron chi connectivity index (χ4n) is 4.55. The minimum absolute atomic E-state index is 0.966. The Morgan fingerprint density at radius 1 is 0.500 bits per heavy atom. The summed E-state index contributed by atoms with van der Waals surface area (Å²) in [7, 11) is 4.15. The van der Waals surface area contributed by atoms with Crippen molar-refractivity contribution in [3.63, 3.8) is 0 Å². The zero-order valence-electron chi connectivity index (χ0n) is 18.0. The first kappa shape index (κ1) is 18.6. The zero-order valence-corrected chi connectivity index (χ0v) is 18.0. The molecule has 6 aromatic rings. The summed E-state index contributed by atoms with van der Waals surface area (Å²) in [6.45, 7) is 0. The van der Waals surface area contributed by atoms with Crippen molar-refractivity contribution < 1.29 is 0 Å².